The molecule has 25 atom stereocenters. The highest BCUT2D eigenvalue weighted by Crippen LogP contribution is 2.35. The molecule has 26 nitrogen and oxygen atoms in total. The summed E-state index contributed by atoms with van der Waals surface area (Å²) in [5.74, 6) is 0. The van der Waals surface area contributed by atoms with Crippen molar-refractivity contribution in [3.05, 3.63) is 0 Å². The van der Waals surface area contributed by atoms with E-state index in [0.717, 1.165) is 0 Å². The van der Waals surface area contributed by atoms with E-state index in [-0.39, 0.29) is 0 Å². The summed E-state index contributed by atoms with van der Waals surface area (Å²) in [5.41, 5.74) is 0. The van der Waals surface area contributed by atoms with Crippen LogP contribution in [0.15, 0.2) is 0 Å². The normalized spacial score (nSPS) is 53.2. The van der Waals surface area contributed by atoms with Crippen LogP contribution in [0.3, 0.4) is 0 Å². The molecule has 5 fully saturated rings. The zero-order chi connectivity index (χ0) is 41.3. The van der Waals surface area contributed by atoms with E-state index in [0.29, 0.717) is 0 Å². The number of hydrogen-bond acceptors (Lipinski definition) is 26. The second kappa shape index (κ2) is 19.6. The first-order valence-corrected chi connectivity index (χ1v) is 17.6. The maximum absolute atomic E-state index is 11.4. The summed E-state index contributed by atoms with van der Waals surface area (Å²) < 4.78 is 49.2. The Morgan fingerprint density at radius 3 is 0.911 bits per heavy atom. The van der Waals surface area contributed by atoms with Gasteiger partial charge in [-0.05, 0) is 0 Å². The Kier molecular flexibility index (Phi) is 16.1. The quantitative estimate of drug-likeness (QED) is 0.0819. The fraction of sp³-hybridized carbons (Fsp3) is 1.00. The second-order valence-electron chi connectivity index (χ2n) is 13.9. The molecular weight excluding hydrogens is 776 g/mol. The molecule has 0 bridgehead atoms. The minimum Gasteiger partial charge on any atom is -0.394 e. The smallest absolute Gasteiger partial charge is 0.187 e. The maximum atomic E-state index is 11.4. The van der Waals surface area contributed by atoms with Gasteiger partial charge in [0.15, 0.2) is 31.5 Å². The SMILES string of the molecule is OCC1OC(OC2C(O)C(CO)OC(OC3C(O)C(CO)OC(OC4C(O)C(CO)OC(OC5C(CO)OC(O)C(O)C5O)C4O)C3O)C2O)C(O)C(O)C1O. The topological polar surface area (TPSA) is 427 Å². The second-order valence-corrected chi connectivity index (χ2v) is 13.9. The van der Waals surface area contributed by atoms with Crippen molar-refractivity contribution in [2.24, 2.45) is 0 Å². The van der Waals surface area contributed by atoms with Crippen molar-refractivity contribution in [3.63, 3.8) is 0 Å². The highest BCUT2D eigenvalue weighted by atomic mass is 16.8. The average Bonchev–Trinajstić information content (AvgIpc) is 3.18. The summed E-state index contributed by atoms with van der Waals surface area (Å²) in [6, 6.07) is 0. The van der Waals surface area contributed by atoms with Crippen LogP contribution in [-0.2, 0) is 42.6 Å². The van der Waals surface area contributed by atoms with E-state index in [4.69, 9.17) is 42.6 Å². The Hall–Kier alpha value is -1.04. The van der Waals surface area contributed by atoms with Crippen molar-refractivity contribution in [1.82, 2.24) is 0 Å². The first-order chi connectivity index (χ1) is 26.5. The standard InChI is InChI=1S/C30H52O26/c31-1-6-11(36)15(40)18(43)27(49-6)54-23-12(37)8(3-33)51-29(20(23)45)56-25-14(39)9(4-34)52-30(21(25)46)55-24-13(38)7(2-32)50-28(19(24)44)53-22-10(5-35)48-26(47)17(42)16(22)41/h6-47H,1-5H2. The molecule has 0 spiro atoms. The van der Waals surface area contributed by atoms with Crippen molar-refractivity contribution in [2.75, 3.05) is 33.0 Å². The predicted octanol–water partition coefficient (Wildman–Crippen LogP) is -11.9. The van der Waals surface area contributed by atoms with Crippen LogP contribution < -0.4 is 0 Å². The first-order valence-electron chi connectivity index (χ1n) is 17.6. The average molecular weight is 829 g/mol. The lowest BCUT2D eigenvalue weighted by molar-refractivity contribution is -0.395. The maximum Gasteiger partial charge on any atom is 0.187 e. The van der Waals surface area contributed by atoms with Crippen LogP contribution in [0.4, 0.5) is 0 Å². The molecule has 328 valence electrons. The number of ether oxygens (including phenoxy) is 9. The monoisotopic (exact) mass is 828 g/mol. The summed E-state index contributed by atoms with van der Waals surface area (Å²) in [4.78, 5) is 0. The first kappa shape index (κ1) is 46.0. The van der Waals surface area contributed by atoms with Crippen LogP contribution in [0.25, 0.3) is 0 Å². The van der Waals surface area contributed by atoms with Gasteiger partial charge in [-0.1, -0.05) is 0 Å². The lowest BCUT2D eigenvalue weighted by atomic mass is 9.95. The minimum absolute atomic E-state index is 0.850. The lowest BCUT2D eigenvalue weighted by Crippen LogP contribution is -2.68. The Morgan fingerprint density at radius 2 is 0.571 bits per heavy atom. The molecule has 5 rings (SSSR count). The van der Waals surface area contributed by atoms with Crippen molar-refractivity contribution >= 4 is 0 Å². The van der Waals surface area contributed by atoms with E-state index in [1.807, 2.05) is 0 Å². The van der Waals surface area contributed by atoms with Gasteiger partial charge in [-0.15, -0.1) is 0 Å². The third kappa shape index (κ3) is 9.16. The van der Waals surface area contributed by atoms with Gasteiger partial charge in [0.25, 0.3) is 0 Å². The Morgan fingerprint density at radius 1 is 0.268 bits per heavy atom. The fourth-order valence-corrected chi connectivity index (χ4v) is 7.01. The number of aliphatic hydroxyl groups excluding tert-OH is 17. The zero-order valence-corrected chi connectivity index (χ0v) is 29.2. The van der Waals surface area contributed by atoms with Gasteiger partial charge in [-0.2, -0.15) is 0 Å². The Balaban J connectivity index is 1.34. The molecule has 0 aromatic rings. The van der Waals surface area contributed by atoms with Gasteiger partial charge in [-0.3, -0.25) is 0 Å². The predicted molar refractivity (Wildman–Crippen MR) is 167 cm³/mol. The summed E-state index contributed by atoms with van der Waals surface area (Å²) in [6.45, 7) is -4.60. The summed E-state index contributed by atoms with van der Waals surface area (Å²) >= 11 is 0. The fourth-order valence-electron chi connectivity index (χ4n) is 7.01. The number of aliphatic hydroxyl groups is 17. The Labute approximate surface area is 316 Å². The van der Waals surface area contributed by atoms with Gasteiger partial charge in [0.05, 0.1) is 33.0 Å². The van der Waals surface area contributed by atoms with E-state index >= 15 is 0 Å². The van der Waals surface area contributed by atoms with E-state index < -0.39 is 187 Å². The highest BCUT2D eigenvalue weighted by molar-refractivity contribution is 4.99. The van der Waals surface area contributed by atoms with Crippen molar-refractivity contribution in [2.45, 2.75) is 154 Å². The summed E-state index contributed by atoms with van der Waals surface area (Å²) in [5, 5.41) is 177. The third-order valence-electron chi connectivity index (χ3n) is 10.3. The van der Waals surface area contributed by atoms with E-state index in [1.54, 1.807) is 0 Å². The summed E-state index contributed by atoms with van der Waals surface area (Å²) in [6.07, 6.45) is -47.0. The molecule has 0 aromatic carbocycles. The molecule has 5 heterocycles. The van der Waals surface area contributed by atoms with Gasteiger partial charge >= 0.3 is 0 Å². The molecule has 5 saturated heterocycles. The van der Waals surface area contributed by atoms with E-state index in [1.165, 1.54) is 0 Å². The van der Waals surface area contributed by atoms with Crippen molar-refractivity contribution in [3.8, 4) is 0 Å². The van der Waals surface area contributed by atoms with Gasteiger partial charge in [0.1, 0.15) is 122 Å². The third-order valence-corrected chi connectivity index (χ3v) is 10.3. The van der Waals surface area contributed by atoms with Crippen LogP contribution in [0.2, 0.25) is 0 Å². The van der Waals surface area contributed by atoms with E-state index in [9.17, 15) is 86.8 Å². The van der Waals surface area contributed by atoms with Crippen LogP contribution in [0.1, 0.15) is 0 Å². The molecule has 17 N–H and O–H groups in total. The molecule has 0 saturated carbocycles. The van der Waals surface area contributed by atoms with Crippen LogP contribution >= 0.6 is 0 Å². The number of rotatable bonds is 13. The molecule has 26 heteroatoms. The largest absolute Gasteiger partial charge is 0.394 e. The van der Waals surface area contributed by atoms with Crippen LogP contribution in [-0.4, -0.2) is 273 Å². The van der Waals surface area contributed by atoms with Crippen LogP contribution in [0, 0.1) is 0 Å². The van der Waals surface area contributed by atoms with Gasteiger partial charge in [-0.25, -0.2) is 0 Å². The van der Waals surface area contributed by atoms with Crippen LogP contribution in [0.5, 0.6) is 0 Å². The molecule has 0 aromatic heterocycles. The lowest BCUT2D eigenvalue weighted by Gasteiger charge is -2.49. The van der Waals surface area contributed by atoms with Gasteiger partial charge < -0.3 is 129 Å². The van der Waals surface area contributed by atoms with Crippen molar-refractivity contribution in [1.29, 1.82) is 0 Å². The molecule has 25 unspecified atom stereocenters. The molecular formula is C30H52O26. The van der Waals surface area contributed by atoms with Crippen molar-refractivity contribution < 1.29 is 129 Å². The highest BCUT2D eigenvalue weighted by Gasteiger charge is 2.56. The minimum atomic E-state index is -2.17. The molecule has 0 radical (unpaired) electrons. The molecule has 0 amide bonds. The number of hydrogen-bond donors (Lipinski definition) is 17. The van der Waals surface area contributed by atoms with Gasteiger partial charge in [0.2, 0.25) is 0 Å². The molecule has 5 aliphatic rings. The summed E-state index contributed by atoms with van der Waals surface area (Å²) in [7, 11) is 0. The van der Waals surface area contributed by atoms with E-state index in [2.05, 4.69) is 0 Å². The molecule has 5 aliphatic heterocycles. The molecule has 56 heavy (non-hydrogen) atoms. The zero-order valence-electron chi connectivity index (χ0n) is 29.2. The van der Waals surface area contributed by atoms with Gasteiger partial charge in [0, 0.05) is 0 Å². The molecule has 0 aliphatic carbocycles. The Bertz CT molecular complexity index is 1200.